The van der Waals surface area contributed by atoms with Crippen molar-refractivity contribution in [1.29, 1.82) is 0 Å². The van der Waals surface area contributed by atoms with Crippen molar-refractivity contribution >= 4 is 5.69 Å². The number of ether oxygens (including phenoxy) is 1. The molecule has 2 rings (SSSR count). The molecule has 0 bridgehead atoms. The van der Waals surface area contributed by atoms with Crippen molar-refractivity contribution in [2.45, 2.75) is 18.6 Å². The number of methoxy groups -OCH3 is 1. The van der Waals surface area contributed by atoms with Crippen molar-refractivity contribution in [2.75, 3.05) is 12.8 Å². The highest BCUT2D eigenvalue weighted by Crippen LogP contribution is 2.36. The molecule has 1 saturated carbocycles. The van der Waals surface area contributed by atoms with Crippen LogP contribution < -0.4 is 11.3 Å². The van der Waals surface area contributed by atoms with Gasteiger partial charge in [0.15, 0.2) is 0 Å². The van der Waals surface area contributed by atoms with Gasteiger partial charge in [-0.2, -0.15) is 0 Å². The van der Waals surface area contributed by atoms with Gasteiger partial charge in [-0.25, -0.2) is 0 Å². The van der Waals surface area contributed by atoms with Gasteiger partial charge < -0.3 is 15.0 Å². The molecule has 1 aromatic heterocycles. The van der Waals surface area contributed by atoms with Crippen molar-refractivity contribution in [2.24, 2.45) is 0 Å². The highest BCUT2D eigenvalue weighted by Gasteiger charge is 2.39. The van der Waals surface area contributed by atoms with E-state index in [2.05, 4.69) is 0 Å². The summed E-state index contributed by atoms with van der Waals surface area (Å²) in [6.07, 6.45) is 2.84. The molecule has 13 heavy (non-hydrogen) atoms. The number of anilines is 1. The molecule has 1 fully saturated rings. The summed E-state index contributed by atoms with van der Waals surface area (Å²) in [6, 6.07) is 3.58. The summed E-state index contributed by atoms with van der Waals surface area (Å²) in [4.78, 5) is 11.5. The second-order valence-electron chi connectivity index (χ2n) is 3.25. The van der Waals surface area contributed by atoms with E-state index >= 15 is 0 Å². The molecule has 0 aromatic carbocycles. The van der Waals surface area contributed by atoms with Crippen molar-refractivity contribution in [1.82, 2.24) is 4.57 Å². The van der Waals surface area contributed by atoms with Gasteiger partial charge in [0.2, 0.25) is 0 Å². The Kier molecular flexibility index (Phi) is 1.84. The van der Waals surface area contributed by atoms with E-state index in [4.69, 9.17) is 10.5 Å². The van der Waals surface area contributed by atoms with Gasteiger partial charge >= 0.3 is 0 Å². The average Bonchev–Trinajstić information content (AvgIpc) is 2.89. The number of pyridine rings is 1. The van der Waals surface area contributed by atoms with E-state index < -0.39 is 0 Å². The maximum Gasteiger partial charge on any atom is 0.274 e. The van der Waals surface area contributed by atoms with Gasteiger partial charge in [0, 0.05) is 13.3 Å². The Morgan fingerprint density at radius 2 is 2.46 bits per heavy atom. The summed E-state index contributed by atoms with van der Waals surface area (Å²) in [7, 11) is 1.65. The summed E-state index contributed by atoms with van der Waals surface area (Å²) in [5, 5.41) is 0. The van der Waals surface area contributed by atoms with E-state index in [0.717, 1.165) is 6.42 Å². The molecule has 0 aliphatic heterocycles. The lowest BCUT2D eigenvalue weighted by molar-refractivity contribution is 0.169. The Bertz CT molecular complexity index is 372. The standard InChI is InChI=1S/C9H12N2O2/c1-13-8-5-7(8)11-4-2-3-6(10)9(11)12/h2-4,7-8H,5,10H2,1H3/t7-,8?/m0/s1. The quantitative estimate of drug-likeness (QED) is 0.716. The number of nitrogen functional groups attached to an aromatic ring is 1. The molecule has 0 radical (unpaired) electrons. The van der Waals surface area contributed by atoms with Crippen LogP contribution in [0.4, 0.5) is 5.69 Å². The molecule has 1 unspecified atom stereocenters. The first kappa shape index (κ1) is 8.31. The van der Waals surface area contributed by atoms with E-state index in [0.29, 0.717) is 5.69 Å². The van der Waals surface area contributed by atoms with Gasteiger partial charge in [0.1, 0.15) is 0 Å². The lowest BCUT2D eigenvalue weighted by Crippen LogP contribution is -2.22. The van der Waals surface area contributed by atoms with Crippen LogP contribution in [0.5, 0.6) is 0 Å². The fourth-order valence-electron chi connectivity index (χ4n) is 1.49. The second-order valence-corrected chi connectivity index (χ2v) is 3.25. The van der Waals surface area contributed by atoms with E-state index in [1.54, 1.807) is 30.0 Å². The minimum atomic E-state index is -0.118. The number of hydrogen-bond donors (Lipinski definition) is 1. The monoisotopic (exact) mass is 180 g/mol. The summed E-state index contributed by atoms with van der Waals surface area (Å²) in [5.41, 5.74) is 5.68. The summed E-state index contributed by atoms with van der Waals surface area (Å²) in [5.74, 6) is 0. The molecule has 0 amide bonds. The van der Waals surface area contributed by atoms with Crippen LogP contribution in [0.25, 0.3) is 0 Å². The fraction of sp³-hybridized carbons (Fsp3) is 0.444. The predicted molar refractivity (Wildman–Crippen MR) is 49.6 cm³/mol. The minimum absolute atomic E-state index is 0.118. The van der Waals surface area contributed by atoms with Crippen LogP contribution in [-0.2, 0) is 4.74 Å². The lowest BCUT2D eigenvalue weighted by Gasteiger charge is -2.04. The minimum Gasteiger partial charge on any atom is -0.394 e. The Balaban J connectivity index is 2.32. The van der Waals surface area contributed by atoms with E-state index in [1.807, 2.05) is 0 Å². The number of rotatable bonds is 2. The fourth-order valence-corrected chi connectivity index (χ4v) is 1.49. The molecule has 1 aliphatic carbocycles. The number of nitrogens with zero attached hydrogens (tertiary/aromatic N) is 1. The van der Waals surface area contributed by atoms with Gasteiger partial charge in [-0.1, -0.05) is 0 Å². The summed E-state index contributed by atoms with van der Waals surface area (Å²) in [6.45, 7) is 0. The van der Waals surface area contributed by atoms with E-state index in [9.17, 15) is 4.79 Å². The molecule has 0 spiro atoms. The van der Waals surface area contributed by atoms with Crippen LogP contribution in [0.1, 0.15) is 12.5 Å². The molecule has 2 N–H and O–H groups in total. The first-order chi connectivity index (χ1) is 6.24. The Morgan fingerprint density at radius 1 is 1.69 bits per heavy atom. The summed E-state index contributed by atoms with van der Waals surface area (Å²) >= 11 is 0. The third-order valence-electron chi connectivity index (χ3n) is 2.36. The Morgan fingerprint density at radius 3 is 3.08 bits per heavy atom. The Hall–Kier alpha value is -1.29. The zero-order valence-corrected chi connectivity index (χ0v) is 7.43. The number of aromatic nitrogens is 1. The van der Waals surface area contributed by atoms with Gasteiger partial charge in [0.05, 0.1) is 17.8 Å². The van der Waals surface area contributed by atoms with Crippen molar-refractivity contribution < 1.29 is 4.74 Å². The number of nitrogens with two attached hydrogens (primary N) is 1. The van der Waals surface area contributed by atoms with Crippen molar-refractivity contribution in [3.8, 4) is 0 Å². The average molecular weight is 180 g/mol. The highest BCUT2D eigenvalue weighted by molar-refractivity contribution is 5.34. The zero-order valence-electron chi connectivity index (χ0n) is 7.43. The molecular weight excluding hydrogens is 168 g/mol. The third kappa shape index (κ3) is 1.33. The predicted octanol–water partition coefficient (Wildman–Crippen LogP) is 0.390. The van der Waals surface area contributed by atoms with Crippen LogP contribution >= 0.6 is 0 Å². The molecule has 1 aliphatic rings. The molecule has 4 heteroatoms. The third-order valence-corrected chi connectivity index (χ3v) is 2.36. The highest BCUT2D eigenvalue weighted by atomic mass is 16.5. The van der Waals surface area contributed by atoms with Crippen LogP contribution in [-0.4, -0.2) is 17.8 Å². The molecule has 70 valence electrons. The summed E-state index contributed by atoms with van der Waals surface area (Å²) < 4.78 is 6.76. The SMILES string of the molecule is COC1C[C@@H]1n1cccc(N)c1=O. The molecule has 1 heterocycles. The Labute approximate surface area is 75.9 Å². The zero-order chi connectivity index (χ0) is 9.42. The van der Waals surface area contributed by atoms with E-state index in [-0.39, 0.29) is 17.7 Å². The van der Waals surface area contributed by atoms with Crippen LogP contribution in [0.15, 0.2) is 23.1 Å². The molecule has 0 saturated heterocycles. The van der Waals surface area contributed by atoms with Crippen LogP contribution in [0.2, 0.25) is 0 Å². The smallest absolute Gasteiger partial charge is 0.274 e. The molecule has 1 aromatic rings. The molecular formula is C9H12N2O2. The normalized spacial score (nSPS) is 25.9. The van der Waals surface area contributed by atoms with Crippen LogP contribution in [0.3, 0.4) is 0 Å². The van der Waals surface area contributed by atoms with Gasteiger partial charge in [-0.15, -0.1) is 0 Å². The maximum absolute atomic E-state index is 11.5. The topological polar surface area (TPSA) is 57.2 Å². The van der Waals surface area contributed by atoms with Gasteiger partial charge in [0.25, 0.3) is 5.56 Å². The molecule has 2 atom stereocenters. The largest absolute Gasteiger partial charge is 0.394 e. The number of hydrogen-bond acceptors (Lipinski definition) is 3. The first-order valence-corrected chi connectivity index (χ1v) is 4.23. The van der Waals surface area contributed by atoms with Gasteiger partial charge in [-0.05, 0) is 18.6 Å². The lowest BCUT2D eigenvalue weighted by atomic mass is 10.4. The van der Waals surface area contributed by atoms with E-state index in [1.165, 1.54) is 0 Å². The van der Waals surface area contributed by atoms with Gasteiger partial charge in [-0.3, -0.25) is 4.79 Å². The van der Waals surface area contributed by atoms with Crippen molar-refractivity contribution in [3.05, 3.63) is 28.7 Å². The second kappa shape index (κ2) is 2.88. The van der Waals surface area contributed by atoms with Crippen molar-refractivity contribution in [3.63, 3.8) is 0 Å². The maximum atomic E-state index is 11.5. The molecule has 4 nitrogen and oxygen atoms in total. The first-order valence-electron chi connectivity index (χ1n) is 4.23. The van der Waals surface area contributed by atoms with Crippen LogP contribution in [0, 0.1) is 0 Å².